The summed E-state index contributed by atoms with van der Waals surface area (Å²) in [6.45, 7) is 3.84. The second kappa shape index (κ2) is 10.6. The van der Waals surface area contributed by atoms with Crippen LogP contribution in [0.3, 0.4) is 0 Å². The zero-order chi connectivity index (χ0) is 9.98. The highest BCUT2D eigenvalue weighted by Gasteiger charge is 1.87. The Hall–Kier alpha value is -0.450. The smallest absolute Gasteiger partial charge is 0.155 e. The van der Waals surface area contributed by atoms with E-state index in [4.69, 9.17) is 5.11 Å². The largest absolute Gasteiger partial charge is 0.391 e. The molecule has 4 nitrogen and oxygen atoms in total. The number of Topliss-reactive ketones (excluding diaryl/α,β-unsaturated/α-hetero) is 1. The zero-order valence-electron chi connectivity index (χ0n) is 8.16. The monoisotopic (exact) mass is 178 g/mol. The van der Waals surface area contributed by atoms with Gasteiger partial charge in [-0.15, -0.1) is 0 Å². The van der Waals surface area contributed by atoms with Crippen molar-refractivity contribution < 1.29 is 19.4 Å². The molecule has 0 bridgehead atoms. The second-order valence-electron chi connectivity index (χ2n) is 2.44. The fourth-order valence-corrected chi connectivity index (χ4v) is 0.444. The van der Waals surface area contributed by atoms with Crippen molar-refractivity contribution in [2.75, 3.05) is 27.4 Å². The van der Waals surface area contributed by atoms with Crippen LogP contribution in [0.25, 0.3) is 0 Å². The third-order valence-corrected chi connectivity index (χ3v) is 0.755. The molecule has 0 aliphatic heterocycles. The van der Waals surface area contributed by atoms with E-state index in [1.54, 1.807) is 14.0 Å². The molecule has 1 unspecified atom stereocenters. The lowest BCUT2D eigenvalue weighted by molar-refractivity contribution is -0.120. The van der Waals surface area contributed by atoms with Crippen LogP contribution in [-0.4, -0.2) is 44.4 Å². The average Bonchev–Trinajstić information content (AvgIpc) is 1.87. The van der Waals surface area contributed by atoms with Gasteiger partial charge in [-0.05, 0) is 13.8 Å². The maximum atomic E-state index is 9.92. The van der Waals surface area contributed by atoms with Crippen molar-refractivity contribution in [3.63, 3.8) is 0 Å². The van der Waals surface area contributed by atoms with Crippen LogP contribution in [0.1, 0.15) is 13.8 Å². The van der Waals surface area contributed by atoms with Gasteiger partial charge in [-0.1, -0.05) is 0 Å². The van der Waals surface area contributed by atoms with Crippen LogP contribution in [0.2, 0.25) is 0 Å². The highest BCUT2D eigenvalue weighted by molar-refractivity contribution is 5.76. The Morgan fingerprint density at radius 1 is 1.42 bits per heavy atom. The lowest BCUT2D eigenvalue weighted by Gasteiger charge is -1.97. The van der Waals surface area contributed by atoms with Crippen LogP contribution in [-0.2, 0) is 14.3 Å². The molecule has 0 aromatic carbocycles. The standard InChI is InChI=1S/C4H10O2.C4H8O2/c2*1-4(5)3-6-2/h4-5H,3H2,1-2H3;3H2,1-2H3. The molecule has 0 rings (SSSR count). The van der Waals surface area contributed by atoms with E-state index < -0.39 is 0 Å². The molecule has 1 N–H and O–H groups in total. The minimum Gasteiger partial charge on any atom is -0.391 e. The molecule has 0 aromatic rings. The Morgan fingerprint density at radius 3 is 1.92 bits per heavy atom. The fourth-order valence-electron chi connectivity index (χ4n) is 0.444. The molecule has 0 saturated heterocycles. The number of rotatable bonds is 4. The van der Waals surface area contributed by atoms with Crippen molar-refractivity contribution in [3.05, 3.63) is 0 Å². The Kier molecular flexibility index (Phi) is 12.4. The summed E-state index contributed by atoms with van der Waals surface area (Å²) in [5, 5.41) is 8.43. The number of hydrogen-bond donors (Lipinski definition) is 1. The van der Waals surface area contributed by atoms with Gasteiger partial charge in [0.1, 0.15) is 6.61 Å². The summed E-state index contributed by atoms with van der Waals surface area (Å²) in [5.74, 6) is 0.0671. The minimum absolute atomic E-state index is 0.0671. The van der Waals surface area contributed by atoms with Gasteiger partial charge in [0.25, 0.3) is 0 Å². The van der Waals surface area contributed by atoms with E-state index in [0.29, 0.717) is 6.61 Å². The molecular formula is C8H18O4. The summed E-state index contributed by atoms with van der Waals surface area (Å²) in [7, 11) is 3.06. The highest BCUT2D eigenvalue weighted by atomic mass is 16.5. The first-order valence-electron chi connectivity index (χ1n) is 3.70. The summed E-state index contributed by atoms with van der Waals surface area (Å²) < 4.78 is 9.01. The number of aliphatic hydroxyl groups is 1. The SMILES string of the molecule is COCC(C)=O.COCC(C)O. The van der Waals surface area contributed by atoms with Crippen LogP contribution in [0.5, 0.6) is 0 Å². The fraction of sp³-hybridized carbons (Fsp3) is 0.875. The van der Waals surface area contributed by atoms with E-state index in [0.717, 1.165) is 0 Å². The summed E-state index contributed by atoms with van der Waals surface area (Å²) in [6.07, 6.45) is -0.324. The van der Waals surface area contributed by atoms with Crippen LogP contribution < -0.4 is 0 Å². The molecule has 74 valence electrons. The first kappa shape index (κ1) is 14.1. The minimum atomic E-state index is -0.324. The molecule has 1 atom stereocenters. The summed E-state index contributed by atoms with van der Waals surface area (Å²) in [4.78, 5) is 9.92. The van der Waals surface area contributed by atoms with Crippen molar-refractivity contribution in [1.29, 1.82) is 0 Å². The van der Waals surface area contributed by atoms with Crippen molar-refractivity contribution in [1.82, 2.24) is 0 Å². The maximum Gasteiger partial charge on any atom is 0.155 e. The molecule has 0 saturated carbocycles. The number of methoxy groups -OCH3 is 2. The van der Waals surface area contributed by atoms with Crippen molar-refractivity contribution in [3.8, 4) is 0 Å². The lowest BCUT2D eigenvalue weighted by atomic mass is 10.5. The third-order valence-electron chi connectivity index (χ3n) is 0.755. The van der Waals surface area contributed by atoms with Crippen LogP contribution in [0.4, 0.5) is 0 Å². The maximum absolute atomic E-state index is 9.92. The normalized spacial score (nSPS) is 11.4. The number of carbonyl (C=O) groups is 1. The van der Waals surface area contributed by atoms with Crippen molar-refractivity contribution in [2.24, 2.45) is 0 Å². The molecular weight excluding hydrogens is 160 g/mol. The van der Waals surface area contributed by atoms with E-state index in [-0.39, 0.29) is 18.5 Å². The molecule has 0 aliphatic carbocycles. The first-order chi connectivity index (χ1) is 5.54. The van der Waals surface area contributed by atoms with E-state index in [1.807, 2.05) is 0 Å². The summed E-state index contributed by atoms with van der Waals surface area (Å²) in [6, 6.07) is 0. The average molecular weight is 178 g/mol. The van der Waals surface area contributed by atoms with Gasteiger partial charge in [0.2, 0.25) is 0 Å². The Labute approximate surface area is 73.5 Å². The van der Waals surface area contributed by atoms with Crippen LogP contribution in [0.15, 0.2) is 0 Å². The van der Waals surface area contributed by atoms with E-state index in [9.17, 15) is 4.79 Å². The second-order valence-corrected chi connectivity index (χ2v) is 2.44. The number of aliphatic hydroxyl groups excluding tert-OH is 1. The van der Waals surface area contributed by atoms with Crippen molar-refractivity contribution in [2.45, 2.75) is 20.0 Å². The molecule has 0 radical (unpaired) electrons. The van der Waals surface area contributed by atoms with E-state index in [2.05, 4.69) is 9.47 Å². The Balaban J connectivity index is 0. The molecule has 0 spiro atoms. The molecule has 0 fully saturated rings. The van der Waals surface area contributed by atoms with E-state index >= 15 is 0 Å². The van der Waals surface area contributed by atoms with Gasteiger partial charge in [0.15, 0.2) is 5.78 Å². The summed E-state index contributed by atoms with van der Waals surface area (Å²) >= 11 is 0. The van der Waals surface area contributed by atoms with Gasteiger partial charge >= 0.3 is 0 Å². The number of carbonyl (C=O) groups excluding carboxylic acids is 1. The predicted octanol–water partition coefficient (Wildman–Crippen LogP) is 0.235. The molecule has 12 heavy (non-hydrogen) atoms. The Bertz CT molecular complexity index is 101. The van der Waals surface area contributed by atoms with Crippen LogP contribution >= 0.6 is 0 Å². The number of ketones is 1. The molecule has 0 aliphatic rings. The molecule has 0 amide bonds. The predicted molar refractivity (Wildman–Crippen MR) is 46.1 cm³/mol. The van der Waals surface area contributed by atoms with Gasteiger partial charge in [-0.3, -0.25) is 4.79 Å². The molecule has 0 heterocycles. The van der Waals surface area contributed by atoms with Gasteiger partial charge < -0.3 is 14.6 Å². The zero-order valence-corrected chi connectivity index (χ0v) is 8.16. The van der Waals surface area contributed by atoms with Gasteiger partial charge in [0, 0.05) is 14.2 Å². The van der Waals surface area contributed by atoms with Gasteiger partial charge in [-0.2, -0.15) is 0 Å². The van der Waals surface area contributed by atoms with Gasteiger partial charge in [-0.25, -0.2) is 0 Å². The van der Waals surface area contributed by atoms with Crippen molar-refractivity contribution >= 4 is 5.78 Å². The highest BCUT2D eigenvalue weighted by Crippen LogP contribution is 1.75. The van der Waals surface area contributed by atoms with Gasteiger partial charge in [0.05, 0.1) is 12.7 Å². The lowest BCUT2D eigenvalue weighted by Crippen LogP contribution is -2.07. The van der Waals surface area contributed by atoms with E-state index in [1.165, 1.54) is 14.0 Å². The quantitative estimate of drug-likeness (QED) is 0.669. The first-order valence-corrected chi connectivity index (χ1v) is 3.70. The molecule has 0 aromatic heterocycles. The summed E-state index contributed by atoms with van der Waals surface area (Å²) in [5.41, 5.74) is 0. The molecule has 4 heteroatoms. The number of ether oxygens (including phenoxy) is 2. The topological polar surface area (TPSA) is 55.8 Å². The third kappa shape index (κ3) is 22.7. The number of hydrogen-bond acceptors (Lipinski definition) is 4. The van der Waals surface area contributed by atoms with Crippen LogP contribution in [0, 0.1) is 0 Å². The Morgan fingerprint density at radius 2 is 1.92 bits per heavy atom.